The summed E-state index contributed by atoms with van der Waals surface area (Å²) in [6.07, 6.45) is 3.56. The minimum atomic E-state index is -0.391. The Morgan fingerprint density at radius 2 is 2.22 bits per heavy atom. The highest BCUT2D eigenvalue weighted by Crippen LogP contribution is 2.33. The Kier molecular flexibility index (Phi) is 3.53. The van der Waals surface area contributed by atoms with Gasteiger partial charge in [0, 0.05) is 12.1 Å². The second kappa shape index (κ2) is 5.70. The quantitative estimate of drug-likeness (QED) is 0.910. The molecule has 1 amide bonds. The number of hydrogen-bond acceptors (Lipinski definition) is 4. The molecule has 0 saturated carbocycles. The van der Waals surface area contributed by atoms with E-state index < -0.39 is 6.04 Å². The van der Waals surface area contributed by atoms with Crippen molar-refractivity contribution in [2.24, 2.45) is 0 Å². The number of aryl methyl sites for hydroxylation is 1. The van der Waals surface area contributed by atoms with Gasteiger partial charge in [-0.25, -0.2) is 0 Å². The number of benzene rings is 1. The smallest absolute Gasteiger partial charge is 0.258 e. The van der Waals surface area contributed by atoms with Gasteiger partial charge in [-0.15, -0.1) is 0 Å². The van der Waals surface area contributed by atoms with Crippen molar-refractivity contribution in [3.63, 3.8) is 0 Å². The van der Waals surface area contributed by atoms with E-state index in [0.717, 1.165) is 36.4 Å². The van der Waals surface area contributed by atoms with Crippen molar-refractivity contribution in [3.05, 3.63) is 47.3 Å². The Labute approximate surface area is 134 Å². The molecule has 4 rings (SSSR count). The highest BCUT2D eigenvalue weighted by Gasteiger charge is 2.32. The second-order valence-corrected chi connectivity index (χ2v) is 5.91. The fourth-order valence-corrected chi connectivity index (χ4v) is 3.50. The number of para-hydroxylation sites is 1. The molecule has 2 aliphatic heterocycles. The van der Waals surface area contributed by atoms with Crippen LogP contribution in [0, 0.1) is 0 Å². The Balaban J connectivity index is 1.71. The molecular weight excluding hydrogens is 294 g/mol. The number of carbonyl (C=O) groups excluding carboxylic acids is 1. The first-order valence-corrected chi connectivity index (χ1v) is 7.98. The van der Waals surface area contributed by atoms with Crippen LogP contribution in [0.25, 0.3) is 0 Å². The van der Waals surface area contributed by atoms with E-state index in [-0.39, 0.29) is 12.5 Å². The number of hydrogen-bond donors (Lipinski definition) is 1. The molecule has 1 aromatic heterocycles. The lowest BCUT2D eigenvalue weighted by Gasteiger charge is -2.28. The van der Waals surface area contributed by atoms with Gasteiger partial charge < -0.3 is 14.7 Å². The van der Waals surface area contributed by atoms with Gasteiger partial charge in [0.05, 0.1) is 36.6 Å². The Morgan fingerprint density at radius 1 is 1.35 bits per heavy atom. The fraction of sp³-hybridized carbons (Fsp3) is 0.412. The summed E-state index contributed by atoms with van der Waals surface area (Å²) in [5.41, 5.74) is 2.51. The van der Waals surface area contributed by atoms with Gasteiger partial charge in [-0.1, -0.05) is 18.2 Å². The predicted molar refractivity (Wildman–Crippen MR) is 83.3 cm³/mol. The second-order valence-electron chi connectivity index (χ2n) is 5.91. The maximum absolute atomic E-state index is 13.1. The van der Waals surface area contributed by atoms with Crippen LogP contribution in [0.4, 0.5) is 0 Å². The maximum atomic E-state index is 13.1. The van der Waals surface area contributed by atoms with E-state index in [1.54, 1.807) is 11.1 Å². The highest BCUT2D eigenvalue weighted by molar-refractivity contribution is 5.95. The van der Waals surface area contributed by atoms with Gasteiger partial charge in [0.1, 0.15) is 12.4 Å². The number of fused-ring (bicyclic) bond motifs is 2. The van der Waals surface area contributed by atoms with Gasteiger partial charge in [0.25, 0.3) is 5.91 Å². The van der Waals surface area contributed by atoms with Gasteiger partial charge in [-0.05, 0) is 18.9 Å². The number of nitrogens with zero attached hydrogens (tertiary/aromatic N) is 3. The van der Waals surface area contributed by atoms with Crippen LogP contribution in [0.1, 0.15) is 34.1 Å². The lowest BCUT2D eigenvalue weighted by molar-refractivity contribution is 0.0584. The monoisotopic (exact) mass is 313 g/mol. The van der Waals surface area contributed by atoms with Gasteiger partial charge >= 0.3 is 0 Å². The van der Waals surface area contributed by atoms with Crippen molar-refractivity contribution in [1.29, 1.82) is 0 Å². The third kappa shape index (κ3) is 2.30. The zero-order valence-corrected chi connectivity index (χ0v) is 12.8. The van der Waals surface area contributed by atoms with E-state index in [4.69, 9.17) is 4.74 Å². The molecule has 23 heavy (non-hydrogen) atoms. The average molecular weight is 313 g/mol. The third-order valence-electron chi connectivity index (χ3n) is 4.64. The summed E-state index contributed by atoms with van der Waals surface area (Å²) in [6, 6.07) is 7.19. The fourth-order valence-electron chi connectivity index (χ4n) is 3.50. The molecule has 0 aliphatic carbocycles. The Morgan fingerprint density at radius 3 is 3.09 bits per heavy atom. The molecule has 1 N–H and O–H groups in total. The van der Waals surface area contributed by atoms with Gasteiger partial charge in [-0.3, -0.25) is 9.48 Å². The topological polar surface area (TPSA) is 67.6 Å². The summed E-state index contributed by atoms with van der Waals surface area (Å²) < 4.78 is 7.65. The van der Waals surface area contributed by atoms with E-state index in [0.29, 0.717) is 18.7 Å². The largest absolute Gasteiger partial charge is 0.491 e. The number of carbonyl (C=O) groups is 1. The van der Waals surface area contributed by atoms with Crippen LogP contribution >= 0.6 is 0 Å². The molecule has 2 aliphatic rings. The standard InChI is InChI=1S/C17H19N3O3/c21-11-15-12-4-1-2-6-16(12)23-9-8-19(15)17(22)13-10-18-20-7-3-5-14(13)20/h1-2,4,6,10,15,21H,3,5,7-9,11H2. The zero-order chi connectivity index (χ0) is 15.8. The number of ether oxygens (including phenoxy) is 1. The lowest BCUT2D eigenvalue weighted by Crippen LogP contribution is -2.38. The van der Waals surface area contributed by atoms with Crippen LogP contribution in [0.2, 0.25) is 0 Å². The number of rotatable bonds is 2. The van der Waals surface area contributed by atoms with Crippen LogP contribution in [-0.4, -0.2) is 45.5 Å². The third-order valence-corrected chi connectivity index (χ3v) is 4.64. The minimum absolute atomic E-state index is 0.0764. The molecule has 0 fully saturated rings. The minimum Gasteiger partial charge on any atom is -0.491 e. The molecule has 0 radical (unpaired) electrons. The van der Waals surface area contributed by atoms with Crippen molar-refractivity contribution in [2.75, 3.05) is 19.8 Å². The molecule has 1 aromatic carbocycles. The van der Waals surface area contributed by atoms with E-state index in [2.05, 4.69) is 5.10 Å². The maximum Gasteiger partial charge on any atom is 0.258 e. The normalized spacial score (nSPS) is 19.7. The number of aliphatic hydroxyl groups excluding tert-OH is 1. The molecule has 3 heterocycles. The Hall–Kier alpha value is -2.34. The van der Waals surface area contributed by atoms with E-state index >= 15 is 0 Å². The lowest BCUT2D eigenvalue weighted by atomic mass is 10.0. The summed E-state index contributed by atoms with van der Waals surface area (Å²) in [7, 11) is 0. The molecule has 1 unspecified atom stereocenters. The molecule has 2 aromatic rings. The van der Waals surface area contributed by atoms with E-state index in [1.807, 2.05) is 28.9 Å². The first-order valence-electron chi connectivity index (χ1n) is 7.98. The molecule has 0 saturated heterocycles. The Bertz CT molecular complexity index is 740. The summed E-state index contributed by atoms with van der Waals surface area (Å²) in [5.74, 6) is 0.662. The molecule has 120 valence electrons. The van der Waals surface area contributed by atoms with E-state index in [9.17, 15) is 9.90 Å². The first kappa shape index (κ1) is 14.3. The predicted octanol–water partition coefficient (Wildman–Crippen LogP) is 1.40. The van der Waals surface area contributed by atoms with Gasteiger partial charge in [0.2, 0.25) is 0 Å². The molecule has 6 nitrogen and oxygen atoms in total. The van der Waals surface area contributed by atoms with Crippen LogP contribution in [0.15, 0.2) is 30.5 Å². The van der Waals surface area contributed by atoms with Crippen LogP contribution < -0.4 is 4.74 Å². The molecule has 0 bridgehead atoms. The summed E-state index contributed by atoms with van der Waals surface area (Å²) >= 11 is 0. The summed E-state index contributed by atoms with van der Waals surface area (Å²) in [4.78, 5) is 14.8. The number of aromatic nitrogens is 2. The van der Waals surface area contributed by atoms with Crippen molar-refractivity contribution in [2.45, 2.75) is 25.4 Å². The average Bonchev–Trinajstić information content (AvgIpc) is 3.13. The van der Waals surface area contributed by atoms with E-state index in [1.165, 1.54) is 0 Å². The molecule has 0 spiro atoms. The van der Waals surface area contributed by atoms with Crippen molar-refractivity contribution in [3.8, 4) is 5.75 Å². The first-order chi connectivity index (χ1) is 11.3. The van der Waals surface area contributed by atoms with Crippen LogP contribution in [0.5, 0.6) is 5.75 Å². The van der Waals surface area contributed by atoms with Gasteiger partial charge in [-0.2, -0.15) is 5.10 Å². The molecular formula is C17H19N3O3. The van der Waals surface area contributed by atoms with Crippen LogP contribution in [0.3, 0.4) is 0 Å². The summed E-state index contributed by atoms with van der Waals surface area (Å²) in [6.45, 7) is 1.61. The van der Waals surface area contributed by atoms with Gasteiger partial charge in [0.15, 0.2) is 0 Å². The van der Waals surface area contributed by atoms with Crippen molar-refractivity contribution in [1.82, 2.24) is 14.7 Å². The summed E-state index contributed by atoms with van der Waals surface area (Å²) in [5, 5.41) is 14.2. The highest BCUT2D eigenvalue weighted by atomic mass is 16.5. The SMILES string of the molecule is O=C(c1cnn2c1CCC2)N1CCOc2ccccc2C1CO. The number of amides is 1. The van der Waals surface area contributed by atoms with Crippen LogP contribution in [-0.2, 0) is 13.0 Å². The molecule has 1 atom stereocenters. The van der Waals surface area contributed by atoms with Crippen molar-refractivity contribution >= 4 is 5.91 Å². The number of aliphatic hydroxyl groups is 1. The molecule has 6 heteroatoms. The zero-order valence-electron chi connectivity index (χ0n) is 12.8. The van der Waals surface area contributed by atoms with Crippen molar-refractivity contribution < 1.29 is 14.6 Å².